The summed E-state index contributed by atoms with van der Waals surface area (Å²) in [6.07, 6.45) is 6.27. The molecule has 168 valence electrons. The van der Waals surface area contributed by atoms with Crippen molar-refractivity contribution in [1.82, 2.24) is 15.5 Å². The molecule has 31 heavy (non-hydrogen) atoms. The molecular formula is C23H32N4O4. The fourth-order valence-corrected chi connectivity index (χ4v) is 4.29. The van der Waals surface area contributed by atoms with Crippen LogP contribution in [0, 0.1) is 0 Å². The zero-order valence-electron chi connectivity index (χ0n) is 18.5. The highest BCUT2D eigenvalue weighted by atomic mass is 16.5. The number of amides is 4. The maximum atomic E-state index is 12.7. The summed E-state index contributed by atoms with van der Waals surface area (Å²) in [5, 5.41) is 8.81. The first-order chi connectivity index (χ1) is 14.9. The van der Waals surface area contributed by atoms with Crippen LogP contribution >= 0.6 is 0 Å². The van der Waals surface area contributed by atoms with Crippen molar-refractivity contribution in [2.45, 2.75) is 64.5 Å². The van der Waals surface area contributed by atoms with Crippen LogP contribution < -0.4 is 16.0 Å². The quantitative estimate of drug-likeness (QED) is 0.595. The number of methoxy groups -OCH3 is 1. The van der Waals surface area contributed by atoms with Crippen molar-refractivity contribution in [3.63, 3.8) is 0 Å². The highest BCUT2D eigenvalue weighted by Gasteiger charge is 2.36. The second-order valence-electron chi connectivity index (χ2n) is 8.08. The fourth-order valence-electron chi connectivity index (χ4n) is 4.29. The van der Waals surface area contributed by atoms with Crippen LogP contribution in [-0.4, -0.2) is 42.6 Å². The van der Waals surface area contributed by atoms with Gasteiger partial charge in [0.2, 0.25) is 0 Å². The van der Waals surface area contributed by atoms with Gasteiger partial charge in [0.1, 0.15) is 0 Å². The van der Waals surface area contributed by atoms with E-state index in [0.29, 0.717) is 29.1 Å². The highest BCUT2D eigenvalue weighted by Crippen LogP contribution is 2.32. The van der Waals surface area contributed by atoms with Crippen molar-refractivity contribution in [3.8, 4) is 0 Å². The lowest BCUT2D eigenvalue weighted by molar-refractivity contribution is -0.136. The van der Waals surface area contributed by atoms with E-state index in [9.17, 15) is 14.4 Å². The van der Waals surface area contributed by atoms with Crippen LogP contribution in [0.1, 0.15) is 64.0 Å². The van der Waals surface area contributed by atoms with Crippen molar-refractivity contribution in [1.29, 1.82) is 0 Å². The summed E-state index contributed by atoms with van der Waals surface area (Å²) < 4.78 is 5.00. The molecule has 1 heterocycles. The first-order valence-corrected chi connectivity index (χ1v) is 11.0. The first kappa shape index (κ1) is 22.7. The maximum Gasteiger partial charge on any atom is 0.337 e. The number of esters is 1. The van der Waals surface area contributed by atoms with Gasteiger partial charge in [-0.15, -0.1) is 0 Å². The molecule has 8 nitrogen and oxygen atoms in total. The minimum absolute atomic E-state index is 0.204. The van der Waals surface area contributed by atoms with Gasteiger partial charge in [-0.2, -0.15) is 0 Å². The van der Waals surface area contributed by atoms with Crippen LogP contribution in [0.25, 0.3) is 0 Å². The molecule has 1 aromatic carbocycles. The molecule has 1 aliphatic carbocycles. The average Bonchev–Trinajstić information content (AvgIpc) is 2.76. The largest absolute Gasteiger partial charge is 0.466 e. The number of rotatable bonds is 6. The van der Waals surface area contributed by atoms with E-state index < -0.39 is 12.0 Å². The number of nitrogens with one attached hydrogen (secondary N) is 3. The Morgan fingerprint density at radius 2 is 1.97 bits per heavy atom. The van der Waals surface area contributed by atoms with Crippen LogP contribution in [-0.2, 0) is 9.53 Å². The van der Waals surface area contributed by atoms with E-state index in [0.717, 1.165) is 32.1 Å². The number of carbonyl (C=O) groups excluding carboxylic acids is 3. The van der Waals surface area contributed by atoms with E-state index in [1.165, 1.54) is 13.5 Å². The summed E-state index contributed by atoms with van der Waals surface area (Å²) in [5.41, 5.74) is 2.26. The van der Waals surface area contributed by atoms with Gasteiger partial charge >= 0.3 is 18.0 Å². The number of anilines is 1. The van der Waals surface area contributed by atoms with E-state index >= 15 is 0 Å². The lowest BCUT2D eigenvalue weighted by Crippen LogP contribution is -2.48. The van der Waals surface area contributed by atoms with Crippen LogP contribution in [0.2, 0.25) is 0 Å². The number of hydrogen-bond donors (Lipinski definition) is 3. The Morgan fingerprint density at radius 3 is 2.65 bits per heavy atom. The molecule has 2 aliphatic rings. The molecule has 1 aliphatic heterocycles. The Hall–Kier alpha value is -3.03. The Kier molecular flexibility index (Phi) is 7.55. The summed E-state index contributed by atoms with van der Waals surface area (Å²) in [7, 11) is 1.33. The molecule has 0 spiro atoms. The number of carbonyl (C=O) groups is 3. The average molecular weight is 429 g/mol. The molecule has 1 saturated carbocycles. The first-order valence-electron chi connectivity index (χ1n) is 11.0. The Morgan fingerprint density at radius 1 is 1.23 bits per heavy atom. The zero-order chi connectivity index (χ0) is 22.4. The second kappa shape index (κ2) is 10.3. The van der Waals surface area contributed by atoms with Gasteiger partial charge in [-0.3, -0.25) is 4.90 Å². The Bertz CT molecular complexity index is 861. The van der Waals surface area contributed by atoms with Gasteiger partial charge in [0.15, 0.2) is 0 Å². The second-order valence-corrected chi connectivity index (χ2v) is 8.08. The molecule has 0 saturated heterocycles. The molecule has 3 N–H and O–H groups in total. The Labute approximate surface area is 183 Å². The van der Waals surface area contributed by atoms with Crippen molar-refractivity contribution < 1.29 is 19.1 Å². The maximum absolute atomic E-state index is 12.7. The smallest absolute Gasteiger partial charge is 0.337 e. The molecule has 0 radical (unpaired) electrons. The monoisotopic (exact) mass is 428 g/mol. The molecule has 1 fully saturated rings. The predicted molar refractivity (Wildman–Crippen MR) is 118 cm³/mol. The topological polar surface area (TPSA) is 99.8 Å². The number of hydrogen-bond acceptors (Lipinski definition) is 4. The third kappa shape index (κ3) is 5.37. The van der Waals surface area contributed by atoms with E-state index in [2.05, 4.69) is 16.0 Å². The van der Waals surface area contributed by atoms with E-state index in [4.69, 9.17) is 4.74 Å². The number of ether oxygens (including phenoxy) is 1. The minimum atomic E-state index is -0.656. The summed E-state index contributed by atoms with van der Waals surface area (Å²) in [4.78, 5) is 39.2. The Balaban J connectivity index is 1.81. The molecule has 0 aromatic heterocycles. The van der Waals surface area contributed by atoms with Crippen molar-refractivity contribution in [2.75, 3.05) is 19.0 Å². The third-order valence-corrected chi connectivity index (χ3v) is 5.87. The molecule has 4 amide bonds. The van der Waals surface area contributed by atoms with Crippen molar-refractivity contribution in [2.24, 2.45) is 0 Å². The van der Waals surface area contributed by atoms with Crippen LogP contribution in [0.5, 0.6) is 0 Å². The molecule has 8 heteroatoms. The highest BCUT2D eigenvalue weighted by molar-refractivity contribution is 5.95. The zero-order valence-corrected chi connectivity index (χ0v) is 18.5. The SMILES string of the molecule is CCCN1C(=O)NC(c2cccc(NC(=O)NC3CCCCC3)c2)C(C(=O)OC)=C1C. The summed E-state index contributed by atoms with van der Waals surface area (Å²) in [6.45, 7) is 4.24. The van der Waals surface area contributed by atoms with Gasteiger partial charge in [0.05, 0.1) is 18.7 Å². The molecule has 1 aromatic rings. The molecule has 1 unspecified atom stereocenters. The van der Waals surface area contributed by atoms with Gasteiger partial charge in [-0.1, -0.05) is 38.3 Å². The normalized spacial score (nSPS) is 19.6. The number of benzene rings is 1. The van der Waals surface area contributed by atoms with Crippen molar-refractivity contribution >= 4 is 23.7 Å². The van der Waals surface area contributed by atoms with Crippen LogP contribution in [0.4, 0.5) is 15.3 Å². The van der Waals surface area contributed by atoms with Crippen LogP contribution in [0.3, 0.4) is 0 Å². The van der Waals surface area contributed by atoms with Crippen molar-refractivity contribution in [3.05, 3.63) is 41.1 Å². The van der Waals surface area contributed by atoms with Gasteiger partial charge in [-0.05, 0) is 43.9 Å². The lowest BCUT2D eigenvalue weighted by Gasteiger charge is -2.35. The number of urea groups is 2. The van der Waals surface area contributed by atoms with E-state index in [-0.39, 0.29) is 18.1 Å². The number of allylic oxidation sites excluding steroid dienone is 1. The van der Waals surface area contributed by atoms with E-state index in [1.807, 2.05) is 13.0 Å². The summed E-state index contributed by atoms with van der Waals surface area (Å²) >= 11 is 0. The van der Waals surface area contributed by atoms with Crippen LogP contribution in [0.15, 0.2) is 35.5 Å². The van der Waals surface area contributed by atoms with E-state index in [1.54, 1.807) is 30.0 Å². The fraction of sp³-hybridized carbons (Fsp3) is 0.522. The molecule has 0 bridgehead atoms. The summed E-state index contributed by atoms with van der Waals surface area (Å²) in [5.74, 6) is -0.489. The van der Waals surface area contributed by atoms with Gasteiger partial charge in [0.25, 0.3) is 0 Å². The number of nitrogens with zero attached hydrogens (tertiary/aromatic N) is 1. The third-order valence-electron chi connectivity index (χ3n) is 5.87. The lowest BCUT2D eigenvalue weighted by atomic mass is 9.94. The van der Waals surface area contributed by atoms with Gasteiger partial charge in [0, 0.05) is 24.0 Å². The molecule has 3 rings (SSSR count). The summed E-state index contributed by atoms with van der Waals surface area (Å²) in [6, 6.07) is 6.22. The molecule has 1 atom stereocenters. The minimum Gasteiger partial charge on any atom is -0.466 e. The van der Waals surface area contributed by atoms with Gasteiger partial charge in [-0.25, -0.2) is 14.4 Å². The predicted octanol–water partition coefficient (Wildman–Crippen LogP) is 4.06. The van der Waals surface area contributed by atoms with Gasteiger partial charge < -0.3 is 20.7 Å². The standard InChI is InChI=1S/C23H32N4O4/c1-4-13-27-15(2)19(21(28)31-3)20(26-23(27)30)16-9-8-12-18(14-16)25-22(29)24-17-10-6-5-7-11-17/h8-9,12,14,17,20H,4-7,10-11,13H2,1-3H3,(H,26,30)(H2,24,25,29). The molecular weight excluding hydrogens is 396 g/mol.